The van der Waals surface area contributed by atoms with E-state index in [1.54, 1.807) is 0 Å². The molecule has 0 saturated carbocycles. The maximum Gasteiger partial charge on any atom is 0.138 e. The largest absolute Gasteiger partial charge is 0.312 e. The summed E-state index contributed by atoms with van der Waals surface area (Å²) in [6, 6.07) is 4.16. The van der Waals surface area contributed by atoms with Gasteiger partial charge in [0, 0.05) is 18.4 Å². The maximum atomic E-state index is 4.50. The summed E-state index contributed by atoms with van der Waals surface area (Å²) in [7, 11) is 0. The van der Waals surface area contributed by atoms with Gasteiger partial charge >= 0.3 is 0 Å². The highest BCUT2D eigenvalue weighted by Crippen LogP contribution is 2.11. The fourth-order valence-electron chi connectivity index (χ4n) is 1.90. The summed E-state index contributed by atoms with van der Waals surface area (Å²) in [5.74, 6) is 1.59. The van der Waals surface area contributed by atoms with Crippen molar-refractivity contribution < 1.29 is 0 Å². The Bertz CT molecular complexity index is 526. The van der Waals surface area contributed by atoms with Crippen LogP contribution in [0.25, 0.3) is 5.82 Å². The predicted molar refractivity (Wildman–Crippen MR) is 77.4 cm³/mol. The number of nitrogens with zero attached hydrogens (tertiary/aromatic N) is 3. The van der Waals surface area contributed by atoms with Gasteiger partial charge in [-0.3, -0.25) is 4.57 Å². The second kappa shape index (κ2) is 5.97. The van der Waals surface area contributed by atoms with E-state index in [2.05, 4.69) is 42.1 Å². The smallest absolute Gasteiger partial charge is 0.138 e. The summed E-state index contributed by atoms with van der Waals surface area (Å²) in [6.07, 6.45) is 3.75. The van der Waals surface area contributed by atoms with Crippen LogP contribution in [0.3, 0.4) is 0 Å². The normalized spacial score (nSPS) is 11.2. The number of imidazole rings is 1. The summed E-state index contributed by atoms with van der Waals surface area (Å²) in [4.78, 5) is 8.80. The lowest BCUT2D eigenvalue weighted by Gasteiger charge is -2.08. The minimum absolute atomic E-state index is 0.670. The van der Waals surface area contributed by atoms with Gasteiger partial charge in [0.25, 0.3) is 0 Å². The Balaban J connectivity index is 2.04. The summed E-state index contributed by atoms with van der Waals surface area (Å²) in [5, 5.41) is 3.42. The molecule has 0 aliphatic rings. The van der Waals surface area contributed by atoms with Crippen molar-refractivity contribution in [3.63, 3.8) is 0 Å². The topological polar surface area (TPSA) is 42.7 Å². The van der Waals surface area contributed by atoms with Crippen LogP contribution in [0, 0.1) is 19.8 Å². The molecule has 4 nitrogen and oxygen atoms in total. The Kier molecular flexibility index (Phi) is 4.32. The van der Waals surface area contributed by atoms with E-state index in [9.17, 15) is 0 Å². The molecule has 4 heteroatoms. The molecule has 0 radical (unpaired) electrons. The van der Waals surface area contributed by atoms with Crippen LogP contribution in [0.1, 0.15) is 30.8 Å². The van der Waals surface area contributed by atoms with E-state index >= 15 is 0 Å². The number of aryl methyl sites for hydroxylation is 1. The first-order chi connectivity index (χ1) is 9.08. The minimum Gasteiger partial charge on any atom is -0.312 e. The lowest BCUT2D eigenvalue weighted by Crippen LogP contribution is -2.19. The van der Waals surface area contributed by atoms with Gasteiger partial charge in [-0.25, -0.2) is 9.97 Å². The van der Waals surface area contributed by atoms with Gasteiger partial charge in [0.15, 0.2) is 0 Å². The fourth-order valence-corrected chi connectivity index (χ4v) is 1.90. The van der Waals surface area contributed by atoms with E-state index < -0.39 is 0 Å². The molecule has 0 unspecified atom stereocenters. The number of rotatable bonds is 5. The Morgan fingerprint density at radius 2 is 2.00 bits per heavy atom. The molecule has 0 aliphatic heterocycles. The molecule has 19 heavy (non-hydrogen) atoms. The molecule has 0 bridgehead atoms. The van der Waals surface area contributed by atoms with Gasteiger partial charge in [-0.15, -0.1) is 0 Å². The molecular weight excluding hydrogens is 236 g/mol. The maximum absolute atomic E-state index is 4.50. The quantitative estimate of drug-likeness (QED) is 0.896. The average molecular weight is 258 g/mol. The standard InChI is InChI=1S/C15H22N4/c1-11(2)7-16-8-14-5-6-15(17-9-14)19-10-18-12(3)13(19)4/h5-6,9-11,16H,7-8H2,1-4H3. The van der Waals surface area contributed by atoms with Crippen LogP contribution in [0.4, 0.5) is 0 Å². The molecule has 2 aromatic rings. The first kappa shape index (κ1) is 13.7. The molecule has 1 N–H and O–H groups in total. The van der Waals surface area contributed by atoms with Crippen molar-refractivity contribution in [2.45, 2.75) is 34.2 Å². The van der Waals surface area contributed by atoms with Crippen LogP contribution in [0.2, 0.25) is 0 Å². The summed E-state index contributed by atoms with van der Waals surface area (Å²) < 4.78 is 2.01. The van der Waals surface area contributed by atoms with Crippen LogP contribution >= 0.6 is 0 Å². The predicted octanol–water partition coefficient (Wildman–Crippen LogP) is 2.63. The fraction of sp³-hybridized carbons (Fsp3) is 0.467. The third kappa shape index (κ3) is 3.41. The van der Waals surface area contributed by atoms with Gasteiger partial charge in [-0.05, 0) is 37.9 Å². The van der Waals surface area contributed by atoms with Crippen molar-refractivity contribution in [3.8, 4) is 5.82 Å². The average Bonchev–Trinajstić information content (AvgIpc) is 2.71. The summed E-state index contributed by atoms with van der Waals surface area (Å²) >= 11 is 0. The minimum atomic E-state index is 0.670. The first-order valence-corrected chi connectivity index (χ1v) is 6.74. The van der Waals surface area contributed by atoms with Crippen LogP contribution in [-0.4, -0.2) is 21.1 Å². The Morgan fingerprint density at radius 3 is 2.53 bits per heavy atom. The Morgan fingerprint density at radius 1 is 1.21 bits per heavy atom. The molecule has 2 heterocycles. The zero-order valence-electron chi connectivity index (χ0n) is 12.1. The molecule has 2 rings (SSSR count). The van der Waals surface area contributed by atoms with E-state index in [1.165, 1.54) is 5.56 Å². The molecule has 0 aliphatic carbocycles. The number of pyridine rings is 1. The number of hydrogen-bond donors (Lipinski definition) is 1. The Hall–Kier alpha value is -1.68. The van der Waals surface area contributed by atoms with Gasteiger partial charge < -0.3 is 5.32 Å². The van der Waals surface area contributed by atoms with Crippen molar-refractivity contribution in [2.24, 2.45) is 5.92 Å². The molecular formula is C15H22N4. The molecule has 0 atom stereocenters. The lowest BCUT2D eigenvalue weighted by atomic mass is 10.2. The number of aromatic nitrogens is 3. The second-order valence-electron chi connectivity index (χ2n) is 5.33. The number of nitrogens with one attached hydrogen (secondary N) is 1. The van der Waals surface area contributed by atoms with Gasteiger partial charge in [0.2, 0.25) is 0 Å². The molecule has 2 aromatic heterocycles. The van der Waals surface area contributed by atoms with Crippen molar-refractivity contribution in [3.05, 3.63) is 41.6 Å². The van der Waals surface area contributed by atoms with Gasteiger partial charge in [-0.2, -0.15) is 0 Å². The highest BCUT2D eigenvalue weighted by molar-refractivity contribution is 5.29. The van der Waals surface area contributed by atoms with Gasteiger partial charge in [-0.1, -0.05) is 19.9 Å². The first-order valence-electron chi connectivity index (χ1n) is 6.74. The zero-order valence-corrected chi connectivity index (χ0v) is 12.1. The molecule has 0 aromatic carbocycles. The summed E-state index contributed by atoms with van der Waals surface area (Å²) in [5.41, 5.74) is 3.39. The molecule has 0 amide bonds. The van der Waals surface area contributed by atoms with Gasteiger partial charge in [0.05, 0.1) is 5.69 Å². The molecule has 102 valence electrons. The molecule has 0 saturated heterocycles. The van der Waals surface area contributed by atoms with Crippen molar-refractivity contribution in [1.82, 2.24) is 19.9 Å². The van der Waals surface area contributed by atoms with E-state index in [1.807, 2.05) is 30.1 Å². The van der Waals surface area contributed by atoms with Crippen LogP contribution in [0.5, 0.6) is 0 Å². The van der Waals surface area contributed by atoms with Crippen LogP contribution < -0.4 is 5.32 Å². The van der Waals surface area contributed by atoms with Crippen molar-refractivity contribution >= 4 is 0 Å². The Labute approximate surface area is 114 Å². The third-order valence-electron chi connectivity index (χ3n) is 3.19. The van der Waals surface area contributed by atoms with E-state index in [-0.39, 0.29) is 0 Å². The number of hydrogen-bond acceptors (Lipinski definition) is 3. The van der Waals surface area contributed by atoms with Crippen molar-refractivity contribution in [1.29, 1.82) is 0 Å². The van der Waals surface area contributed by atoms with Crippen LogP contribution in [-0.2, 0) is 6.54 Å². The summed E-state index contributed by atoms with van der Waals surface area (Å²) in [6.45, 7) is 10.4. The lowest BCUT2D eigenvalue weighted by molar-refractivity contribution is 0.552. The second-order valence-corrected chi connectivity index (χ2v) is 5.33. The SMILES string of the molecule is Cc1ncn(-c2ccc(CNCC(C)C)cn2)c1C. The third-order valence-corrected chi connectivity index (χ3v) is 3.19. The van der Waals surface area contributed by atoms with E-state index in [4.69, 9.17) is 0 Å². The monoisotopic (exact) mass is 258 g/mol. The molecule has 0 spiro atoms. The zero-order chi connectivity index (χ0) is 13.8. The van der Waals surface area contributed by atoms with Gasteiger partial charge in [0.1, 0.15) is 12.1 Å². The highest BCUT2D eigenvalue weighted by Gasteiger charge is 2.05. The highest BCUT2D eigenvalue weighted by atomic mass is 15.1. The van der Waals surface area contributed by atoms with E-state index in [0.29, 0.717) is 5.92 Å². The van der Waals surface area contributed by atoms with E-state index in [0.717, 1.165) is 30.3 Å². The van der Waals surface area contributed by atoms with Crippen molar-refractivity contribution in [2.75, 3.05) is 6.54 Å². The van der Waals surface area contributed by atoms with Crippen LogP contribution in [0.15, 0.2) is 24.7 Å². The molecule has 0 fully saturated rings.